The molecule has 0 heterocycles. The fraction of sp³-hybridized carbons (Fsp3) is 0.714. The summed E-state index contributed by atoms with van der Waals surface area (Å²) in [7, 11) is 0.580. The monoisotopic (exact) mass is 610 g/mol. The molecule has 0 aliphatic heterocycles. The third-order valence-electron chi connectivity index (χ3n) is 5.72. The van der Waals surface area contributed by atoms with E-state index < -0.39 is 60.2 Å². The quantitative estimate of drug-likeness (QED) is 0.203. The summed E-state index contributed by atoms with van der Waals surface area (Å²) in [4.78, 5) is 0. The number of aryl methyl sites for hydroxylation is 1. The predicted molar refractivity (Wildman–Crippen MR) is 100 cm³/mol. The van der Waals surface area contributed by atoms with E-state index in [9.17, 15) is 74.6 Å². The molecule has 18 heteroatoms. The van der Waals surface area contributed by atoms with Crippen LogP contribution in [0.1, 0.15) is 43.4 Å². The number of halogens is 17. The van der Waals surface area contributed by atoms with Gasteiger partial charge in [-0.2, -0.15) is 74.6 Å². The fourth-order valence-electron chi connectivity index (χ4n) is 3.32. The molecule has 0 aliphatic rings. The van der Waals surface area contributed by atoms with Gasteiger partial charge in [0, 0.05) is 13.5 Å². The zero-order valence-corrected chi connectivity index (χ0v) is 19.5. The van der Waals surface area contributed by atoms with Gasteiger partial charge in [0.2, 0.25) is 0 Å². The third-order valence-corrected chi connectivity index (χ3v) is 5.72. The SMILES string of the molecule is CCCCc1ccccc1C(CC(F)(F)C(F)(F)C(F)(F)C(F)(F)C(F)(F)C(F)(F)C(F)(F)C(F)(F)F)OC. The molecule has 228 valence electrons. The van der Waals surface area contributed by atoms with Crippen LogP contribution in [0.5, 0.6) is 0 Å². The van der Waals surface area contributed by atoms with Crippen LogP contribution in [0.15, 0.2) is 24.3 Å². The van der Waals surface area contributed by atoms with Gasteiger partial charge in [-0.3, -0.25) is 0 Å². The number of ether oxygens (including phenoxy) is 1. The van der Waals surface area contributed by atoms with Gasteiger partial charge in [0.05, 0.1) is 6.10 Å². The van der Waals surface area contributed by atoms with Crippen molar-refractivity contribution in [2.45, 2.75) is 86.3 Å². The molecular formula is C21H19F17O. The first-order valence-corrected chi connectivity index (χ1v) is 10.5. The molecule has 0 saturated heterocycles. The summed E-state index contributed by atoms with van der Waals surface area (Å²) in [5.41, 5.74) is -0.233. The Morgan fingerprint density at radius 1 is 0.615 bits per heavy atom. The van der Waals surface area contributed by atoms with E-state index in [0.29, 0.717) is 20.0 Å². The highest BCUT2D eigenvalue weighted by Gasteiger charge is 2.95. The maximum atomic E-state index is 14.4. The van der Waals surface area contributed by atoms with Gasteiger partial charge in [-0.25, -0.2) is 0 Å². The Morgan fingerprint density at radius 2 is 1.03 bits per heavy atom. The minimum absolute atomic E-state index is 0.0808. The third kappa shape index (κ3) is 5.49. The van der Waals surface area contributed by atoms with Gasteiger partial charge in [-0.1, -0.05) is 37.6 Å². The average molecular weight is 610 g/mol. The van der Waals surface area contributed by atoms with E-state index in [-0.39, 0.29) is 17.5 Å². The van der Waals surface area contributed by atoms with Gasteiger partial charge in [0.1, 0.15) is 0 Å². The predicted octanol–water partition coefficient (Wildman–Crippen LogP) is 9.12. The van der Waals surface area contributed by atoms with Crippen molar-refractivity contribution >= 4 is 0 Å². The van der Waals surface area contributed by atoms with E-state index in [2.05, 4.69) is 4.74 Å². The largest absolute Gasteiger partial charge is 0.460 e. The van der Waals surface area contributed by atoms with Gasteiger partial charge in [-0.15, -0.1) is 0 Å². The van der Waals surface area contributed by atoms with Gasteiger partial charge >= 0.3 is 47.6 Å². The summed E-state index contributed by atoms with van der Waals surface area (Å²) in [6.07, 6.45) is -11.8. The van der Waals surface area contributed by atoms with Crippen LogP contribution in [-0.2, 0) is 11.2 Å². The van der Waals surface area contributed by atoms with E-state index in [0.717, 1.165) is 12.1 Å². The molecule has 0 spiro atoms. The summed E-state index contributed by atoms with van der Waals surface area (Å²) in [5.74, 6) is -56.5. The summed E-state index contributed by atoms with van der Waals surface area (Å²) in [6, 6.07) is 4.72. The number of hydrogen-bond donors (Lipinski definition) is 0. The standard InChI is InChI=1S/C21H19F17O/c1-3-4-7-11-8-5-6-9-12(11)13(39-2)10-14(22,23)15(24,25)16(26,27)17(28,29)18(30,31)19(32,33)20(34,35)21(36,37)38/h5-6,8-9,13H,3-4,7,10H2,1-2H3. The molecule has 39 heavy (non-hydrogen) atoms. The molecule has 1 rings (SSSR count). The van der Waals surface area contributed by atoms with Crippen LogP contribution in [0.25, 0.3) is 0 Å². The molecule has 1 nitrogen and oxygen atoms in total. The van der Waals surface area contributed by atoms with Crippen LogP contribution >= 0.6 is 0 Å². The maximum absolute atomic E-state index is 14.4. The molecule has 1 aromatic rings. The minimum atomic E-state index is -8.64. The molecule has 0 aromatic heterocycles. The Morgan fingerprint density at radius 3 is 1.44 bits per heavy atom. The molecule has 0 radical (unpaired) electrons. The Bertz CT molecular complexity index is 967. The van der Waals surface area contributed by atoms with Crippen LogP contribution in [0.2, 0.25) is 0 Å². The van der Waals surface area contributed by atoms with E-state index in [1.165, 1.54) is 12.1 Å². The molecule has 0 fully saturated rings. The van der Waals surface area contributed by atoms with Crippen molar-refractivity contribution in [2.75, 3.05) is 7.11 Å². The molecule has 1 atom stereocenters. The summed E-state index contributed by atoms with van der Waals surface area (Å²) < 4.78 is 234. The highest BCUT2D eigenvalue weighted by Crippen LogP contribution is 2.64. The van der Waals surface area contributed by atoms with Gasteiger partial charge in [0.25, 0.3) is 0 Å². The smallest absolute Gasteiger partial charge is 0.377 e. The minimum Gasteiger partial charge on any atom is -0.377 e. The lowest BCUT2D eigenvalue weighted by atomic mass is 9.86. The Labute approximate surface area is 209 Å². The summed E-state index contributed by atoms with van der Waals surface area (Å²) in [6.45, 7) is 1.68. The topological polar surface area (TPSA) is 9.23 Å². The first-order chi connectivity index (χ1) is 17.2. The van der Waals surface area contributed by atoms with Gasteiger partial charge < -0.3 is 4.74 Å². The molecule has 0 bridgehead atoms. The van der Waals surface area contributed by atoms with Crippen molar-refractivity contribution in [3.8, 4) is 0 Å². The highest BCUT2D eigenvalue weighted by molar-refractivity contribution is 5.30. The molecule has 1 unspecified atom stereocenters. The number of rotatable bonds is 13. The van der Waals surface area contributed by atoms with Crippen LogP contribution in [0, 0.1) is 0 Å². The second-order valence-corrected chi connectivity index (χ2v) is 8.38. The zero-order chi connectivity index (χ0) is 31.1. The molecule has 1 aromatic carbocycles. The van der Waals surface area contributed by atoms with Crippen LogP contribution in [0.3, 0.4) is 0 Å². The highest BCUT2D eigenvalue weighted by atomic mass is 19.4. The van der Waals surface area contributed by atoms with Crippen LogP contribution < -0.4 is 0 Å². The number of methoxy groups -OCH3 is 1. The number of unbranched alkanes of at least 4 members (excludes halogenated alkanes) is 1. The lowest BCUT2D eigenvalue weighted by Crippen LogP contribution is -2.74. The van der Waals surface area contributed by atoms with E-state index in [1.807, 2.05) is 0 Å². The number of hydrogen-bond acceptors (Lipinski definition) is 1. The molecular weight excluding hydrogens is 591 g/mol. The fourth-order valence-corrected chi connectivity index (χ4v) is 3.32. The lowest BCUT2D eigenvalue weighted by Gasteiger charge is -2.43. The van der Waals surface area contributed by atoms with Crippen molar-refractivity contribution in [2.24, 2.45) is 0 Å². The number of benzene rings is 1. The van der Waals surface area contributed by atoms with E-state index in [4.69, 9.17) is 0 Å². The summed E-state index contributed by atoms with van der Waals surface area (Å²) >= 11 is 0. The Hall–Kier alpha value is -2.01. The van der Waals surface area contributed by atoms with Gasteiger partial charge in [-0.05, 0) is 24.0 Å². The lowest BCUT2D eigenvalue weighted by molar-refractivity contribution is -0.462. The maximum Gasteiger partial charge on any atom is 0.460 e. The van der Waals surface area contributed by atoms with Crippen molar-refractivity contribution < 1.29 is 79.4 Å². The van der Waals surface area contributed by atoms with Crippen molar-refractivity contribution in [3.05, 3.63) is 35.4 Å². The van der Waals surface area contributed by atoms with Crippen molar-refractivity contribution in [1.29, 1.82) is 0 Å². The second kappa shape index (κ2) is 10.8. The number of alkyl halides is 17. The first-order valence-electron chi connectivity index (χ1n) is 10.5. The van der Waals surface area contributed by atoms with Gasteiger partial charge in [0.15, 0.2) is 0 Å². The normalized spacial score (nSPS) is 16.0. The summed E-state index contributed by atoms with van der Waals surface area (Å²) in [5, 5.41) is 0. The van der Waals surface area contributed by atoms with Crippen LogP contribution in [0.4, 0.5) is 74.6 Å². The van der Waals surface area contributed by atoms with E-state index in [1.54, 1.807) is 6.92 Å². The van der Waals surface area contributed by atoms with E-state index >= 15 is 0 Å². The molecule has 0 amide bonds. The van der Waals surface area contributed by atoms with Crippen molar-refractivity contribution in [3.63, 3.8) is 0 Å². The Balaban J connectivity index is 3.59. The first kappa shape index (κ1) is 35.0. The van der Waals surface area contributed by atoms with Crippen LogP contribution in [-0.4, -0.2) is 54.7 Å². The molecule has 0 N–H and O–H groups in total. The average Bonchev–Trinajstić information content (AvgIpc) is 2.79. The zero-order valence-electron chi connectivity index (χ0n) is 19.5. The molecule has 0 aliphatic carbocycles. The molecule has 0 saturated carbocycles. The second-order valence-electron chi connectivity index (χ2n) is 8.38. The Kier molecular flexibility index (Phi) is 9.66. The van der Waals surface area contributed by atoms with Crippen molar-refractivity contribution in [1.82, 2.24) is 0 Å².